The van der Waals surface area contributed by atoms with E-state index in [9.17, 15) is 0 Å². The maximum atomic E-state index is 5.70. The van der Waals surface area contributed by atoms with Gasteiger partial charge in [0.2, 0.25) is 0 Å². The molecule has 0 bridgehead atoms. The first kappa shape index (κ1) is 16.8. The molecule has 0 saturated carbocycles. The molecule has 1 heterocycles. The van der Waals surface area contributed by atoms with Gasteiger partial charge in [-0.15, -0.1) is 0 Å². The van der Waals surface area contributed by atoms with Crippen LogP contribution in [0.15, 0.2) is 16.6 Å². The summed E-state index contributed by atoms with van der Waals surface area (Å²) in [5, 5.41) is 3.70. The van der Waals surface area contributed by atoms with E-state index < -0.39 is 0 Å². The molecule has 1 aromatic rings. The number of benzene rings is 1. The zero-order valence-electron chi connectivity index (χ0n) is 13.2. The highest BCUT2D eigenvalue weighted by Crippen LogP contribution is 2.37. The van der Waals surface area contributed by atoms with E-state index in [4.69, 9.17) is 9.47 Å². The Balaban J connectivity index is 2.32. The molecular formula is C17H26BrNO2. The van der Waals surface area contributed by atoms with Crippen LogP contribution in [0.5, 0.6) is 5.75 Å². The monoisotopic (exact) mass is 355 g/mol. The van der Waals surface area contributed by atoms with Gasteiger partial charge < -0.3 is 14.8 Å². The van der Waals surface area contributed by atoms with E-state index in [1.54, 1.807) is 7.11 Å². The Kier molecular flexibility index (Phi) is 6.52. The standard InChI is InChI=1S/C17H26BrNO2/c1-4-7-19-17(13-6-5-8-21-11-13)14-10-15(18)12(2)9-16(14)20-3/h9-10,13,17,19H,4-8,11H2,1-3H3. The van der Waals surface area contributed by atoms with Crippen molar-refractivity contribution in [1.29, 1.82) is 0 Å². The van der Waals surface area contributed by atoms with E-state index in [1.165, 1.54) is 17.5 Å². The molecule has 1 aromatic carbocycles. The first-order valence-corrected chi connectivity index (χ1v) is 8.61. The summed E-state index contributed by atoms with van der Waals surface area (Å²) in [7, 11) is 1.75. The van der Waals surface area contributed by atoms with Gasteiger partial charge in [-0.05, 0) is 50.4 Å². The fourth-order valence-corrected chi connectivity index (χ4v) is 3.31. The molecule has 2 atom stereocenters. The van der Waals surface area contributed by atoms with Crippen molar-refractivity contribution in [3.05, 3.63) is 27.7 Å². The second-order valence-electron chi connectivity index (χ2n) is 5.75. The van der Waals surface area contributed by atoms with Gasteiger partial charge in [0.25, 0.3) is 0 Å². The van der Waals surface area contributed by atoms with E-state index in [2.05, 4.69) is 47.2 Å². The molecule has 21 heavy (non-hydrogen) atoms. The van der Waals surface area contributed by atoms with Gasteiger partial charge in [0.15, 0.2) is 0 Å². The molecule has 0 amide bonds. The van der Waals surface area contributed by atoms with Crippen LogP contribution in [-0.2, 0) is 4.74 Å². The van der Waals surface area contributed by atoms with Gasteiger partial charge in [-0.25, -0.2) is 0 Å². The summed E-state index contributed by atoms with van der Waals surface area (Å²) < 4.78 is 12.5. The molecular weight excluding hydrogens is 330 g/mol. The molecule has 1 N–H and O–H groups in total. The molecule has 0 spiro atoms. The highest BCUT2D eigenvalue weighted by atomic mass is 79.9. The summed E-state index contributed by atoms with van der Waals surface area (Å²) in [5.41, 5.74) is 2.43. The van der Waals surface area contributed by atoms with Crippen molar-refractivity contribution in [3.63, 3.8) is 0 Å². The van der Waals surface area contributed by atoms with Crippen molar-refractivity contribution in [2.45, 2.75) is 39.2 Å². The van der Waals surface area contributed by atoms with E-state index >= 15 is 0 Å². The van der Waals surface area contributed by atoms with Gasteiger partial charge in [0.05, 0.1) is 13.7 Å². The lowest BCUT2D eigenvalue weighted by atomic mass is 9.87. The van der Waals surface area contributed by atoms with Crippen LogP contribution in [-0.4, -0.2) is 26.9 Å². The normalized spacial score (nSPS) is 20.3. The van der Waals surface area contributed by atoms with Crippen molar-refractivity contribution in [1.82, 2.24) is 5.32 Å². The minimum Gasteiger partial charge on any atom is -0.496 e. The average Bonchev–Trinajstić information content (AvgIpc) is 2.51. The Morgan fingerprint density at radius 2 is 2.29 bits per heavy atom. The van der Waals surface area contributed by atoms with E-state index in [0.29, 0.717) is 5.92 Å². The average molecular weight is 356 g/mol. The molecule has 1 aliphatic rings. The highest BCUT2D eigenvalue weighted by Gasteiger charge is 2.28. The van der Waals surface area contributed by atoms with E-state index in [0.717, 1.165) is 42.8 Å². The molecule has 2 unspecified atom stereocenters. The maximum absolute atomic E-state index is 5.70. The lowest BCUT2D eigenvalue weighted by Crippen LogP contribution is -2.34. The Bertz CT molecular complexity index is 458. The van der Waals surface area contributed by atoms with Crippen LogP contribution in [0.1, 0.15) is 43.4 Å². The third-order valence-electron chi connectivity index (χ3n) is 4.13. The molecule has 4 heteroatoms. The van der Waals surface area contributed by atoms with Crippen molar-refractivity contribution >= 4 is 15.9 Å². The number of methoxy groups -OCH3 is 1. The van der Waals surface area contributed by atoms with Crippen molar-refractivity contribution in [2.24, 2.45) is 5.92 Å². The molecule has 0 radical (unpaired) electrons. The van der Waals surface area contributed by atoms with Gasteiger partial charge in [-0.1, -0.05) is 22.9 Å². The minimum absolute atomic E-state index is 0.289. The second kappa shape index (κ2) is 8.16. The number of halogens is 1. The zero-order chi connectivity index (χ0) is 15.2. The van der Waals surface area contributed by atoms with Crippen LogP contribution in [0, 0.1) is 12.8 Å². The van der Waals surface area contributed by atoms with E-state index in [1.807, 2.05) is 0 Å². The van der Waals surface area contributed by atoms with Crippen LogP contribution in [0.2, 0.25) is 0 Å². The molecule has 3 nitrogen and oxygen atoms in total. The minimum atomic E-state index is 0.289. The van der Waals surface area contributed by atoms with Crippen molar-refractivity contribution < 1.29 is 9.47 Å². The fourth-order valence-electron chi connectivity index (χ4n) is 2.95. The molecule has 1 fully saturated rings. The maximum Gasteiger partial charge on any atom is 0.123 e. The van der Waals surface area contributed by atoms with Gasteiger partial charge in [-0.3, -0.25) is 0 Å². The first-order chi connectivity index (χ1) is 10.2. The second-order valence-corrected chi connectivity index (χ2v) is 6.61. The molecule has 1 saturated heterocycles. The van der Waals surface area contributed by atoms with Crippen LogP contribution in [0.3, 0.4) is 0 Å². The Morgan fingerprint density at radius 1 is 1.48 bits per heavy atom. The van der Waals surface area contributed by atoms with Gasteiger partial charge >= 0.3 is 0 Å². The molecule has 0 aliphatic carbocycles. The lowest BCUT2D eigenvalue weighted by Gasteiger charge is -2.32. The number of hydrogen-bond acceptors (Lipinski definition) is 3. The van der Waals surface area contributed by atoms with Crippen molar-refractivity contribution in [2.75, 3.05) is 26.9 Å². The van der Waals surface area contributed by atoms with E-state index in [-0.39, 0.29) is 6.04 Å². The quantitative estimate of drug-likeness (QED) is 0.827. The van der Waals surface area contributed by atoms with Gasteiger partial charge in [0, 0.05) is 28.6 Å². The summed E-state index contributed by atoms with van der Waals surface area (Å²) in [6, 6.07) is 4.61. The summed E-state index contributed by atoms with van der Waals surface area (Å²) in [6.45, 7) is 7.02. The molecule has 2 rings (SSSR count). The van der Waals surface area contributed by atoms with Crippen LogP contribution < -0.4 is 10.1 Å². The molecule has 0 aromatic heterocycles. The van der Waals surface area contributed by atoms with Crippen LogP contribution in [0.4, 0.5) is 0 Å². The van der Waals surface area contributed by atoms with Gasteiger partial charge in [0.1, 0.15) is 5.75 Å². The fraction of sp³-hybridized carbons (Fsp3) is 0.647. The Hall–Kier alpha value is -0.580. The lowest BCUT2D eigenvalue weighted by molar-refractivity contribution is 0.0387. The number of hydrogen-bond donors (Lipinski definition) is 1. The largest absolute Gasteiger partial charge is 0.496 e. The van der Waals surface area contributed by atoms with Crippen LogP contribution >= 0.6 is 15.9 Å². The summed E-state index contributed by atoms with van der Waals surface area (Å²) >= 11 is 3.66. The zero-order valence-corrected chi connectivity index (χ0v) is 14.8. The third kappa shape index (κ3) is 4.21. The highest BCUT2D eigenvalue weighted by molar-refractivity contribution is 9.10. The predicted molar refractivity (Wildman–Crippen MR) is 90.0 cm³/mol. The predicted octanol–water partition coefficient (Wildman–Crippen LogP) is 4.23. The summed E-state index contributed by atoms with van der Waals surface area (Å²) in [4.78, 5) is 0. The SMILES string of the molecule is CCCNC(c1cc(Br)c(C)cc1OC)C1CCCOC1. The number of ether oxygens (including phenoxy) is 2. The number of aryl methyl sites for hydroxylation is 1. The summed E-state index contributed by atoms with van der Waals surface area (Å²) in [6.07, 6.45) is 3.47. The van der Waals surface area contributed by atoms with Crippen LogP contribution in [0.25, 0.3) is 0 Å². The number of rotatable bonds is 6. The third-order valence-corrected chi connectivity index (χ3v) is 4.98. The van der Waals surface area contributed by atoms with Crippen molar-refractivity contribution in [3.8, 4) is 5.75 Å². The molecule has 1 aliphatic heterocycles. The Morgan fingerprint density at radius 3 is 2.90 bits per heavy atom. The summed E-state index contributed by atoms with van der Waals surface area (Å²) in [5.74, 6) is 1.48. The molecule has 118 valence electrons. The van der Waals surface area contributed by atoms with Gasteiger partial charge in [-0.2, -0.15) is 0 Å². The first-order valence-electron chi connectivity index (χ1n) is 7.82. The topological polar surface area (TPSA) is 30.5 Å². The smallest absolute Gasteiger partial charge is 0.123 e. The number of nitrogens with one attached hydrogen (secondary N) is 1. The Labute approximate surface area is 136 Å².